The van der Waals surface area contributed by atoms with Crippen LogP contribution < -0.4 is 10.1 Å². The first kappa shape index (κ1) is 28.4. The minimum Gasteiger partial charge on any atom is -0.494 e. The maximum atomic E-state index is 12.2. The summed E-state index contributed by atoms with van der Waals surface area (Å²) in [6, 6.07) is 26.9. The molecule has 1 aromatic heterocycles. The van der Waals surface area contributed by atoms with E-state index in [0.717, 1.165) is 87.3 Å². The highest BCUT2D eigenvalue weighted by Gasteiger charge is 2.10. The third kappa shape index (κ3) is 8.71. The molecule has 5 heteroatoms. The van der Waals surface area contributed by atoms with Crippen molar-refractivity contribution < 1.29 is 9.53 Å². The van der Waals surface area contributed by atoms with Gasteiger partial charge in [0.25, 0.3) is 0 Å². The number of imidazole rings is 1. The zero-order chi connectivity index (χ0) is 27.3. The van der Waals surface area contributed by atoms with Crippen LogP contribution in [0.2, 0.25) is 0 Å². The molecule has 4 aromatic rings. The maximum absolute atomic E-state index is 12.2. The fourth-order valence-electron chi connectivity index (χ4n) is 4.91. The van der Waals surface area contributed by atoms with E-state index in [-0.39, 0.29) is 5.91 Å². The number of hydrogen-bond donors (Lipinski definition) is 1. The fourth-order valence-corrected chi connectivity index (χ4v) is 4.91. The number of nitrogens with one attached hydrogen (secondary N) is 1. The second kappa shape index (κ2) is 15.1. The number of amides is 1. The number of ether oxygens (including phenoxy) is 1. The second-order valence-corrected chi connectivity index (χ2v) is 10.4. The first-order valence-corrected chi connectivity index (χ1v) is 14.6. The van der Waals surface area contributed by atoms with Gasteiger partial charge in [0.05, 0.1) is 24.1 Å². The Morgan fingerprint density at radius 3 is 2.46 bits per heavy atom. The number of para-hydroxylation sites is 2. The monoisotopic (exact) mass is 525 g/mol. The van der Waals surface area contributed by atoms with Crippen molar-refractivity contribution in [1.29, 1.82) is 0 Å². The smallest absolute Gasteiger partial charge is 0.224 e. The number of nitrogens with zero attached hydrogens (tertiary/aromatic N) is 2. The van der Waals surface area contributed by atoms with Gasteiger partial charge in [-0.1, -0.05) is 74.9 Å². The van der Waals surface area contributed by atoms with Crippen molar-refractivity contribution in [1.82, 2.24) is 14.9 Å². The van der Waals surface area contributed by atoms with Gasteiger partial charge in [-0.05, 0) is 73.4 Å². The Balaban J connectivity index is 1.18. The number of aromatic nitrogens is 2. The van der Waals surface area contributed by atoms with Crippen LogP contribution in [0.4, 0.5) is 0 Å². The molecule has 1 atom stereocenters. The molecule has 0 radical (unpaired) electrons. The molecule has 1 amide bonds. The summed E-state index contributed by atoms with van der Waals surface area (Å²) in [5, 5.41) is 3.05. The molecule has 1 unspecified atom stereocenters. The van der Waals surface area contributed by atoms with E-state index in [1.54, 1.807) is 0 Å². The minimum absolute atomic E-state index is 0.0927. The summed E-state index contributed by atoms with van der Waals surface area (Å²) in [4.78, 5) is 17.1. The van der Waals surface area contributed by atoms with E-state index < -0.39 is 0 Å². The molecule has 0 aliphatic rings. The number of rotatable bonds is 16. The fraction of sp³-hybridized carbons (Fsp3) is 0.412. The van der Waals surface area contributed by atoms with Crippen molar-refractivity contribution in [3.05, 3.63) is 95.8 Å². The molecule has 5 nitrogen and oxygen atoms in total. The van der Waals surface area contributed by atoms with Gasteiger partial charge in [-0.3, -0.25) is 4.79 Å². The Morgan fingerprint density at radius 1 is 0.897 bits per heavy atom. The van der Waals surface area contributed by atoms with Gasteiger partial charge in [-0.2, -0.15) is 0 Å². The third-order valence-electron chi connectivity index (χ3n) is 7.45. The van der Waals surface area contributed by atoms with Gasteiger partial charge < -0.3 is 14.6 Å². The van der Waals surface area contributed by atoms with Crippen LogP contribution in [0.15, 0.2) is 78.9 Å². The standard InChI is InChI=1S/C34H43N3O2/c1-3-27(2)29-19-21-30(22-20-29)39-25-13-12-24-37-32-17-10-9-16-31(32)36-33(37)18-8-5-11-23-35-34(38)26-28-14-6-4-7-15-28/h4,6-7,9-10,14-17,19-22,27H,3,5,8,11-13,18,23-26H2,1-2H3,(H,35,38). The molecule has 1 heterocycles. The molecule has 3 aromatic carbocycles. The number of hydrogen-bond acceptors (Lipinski definition) is 3. The summed E-state index contributed by atoms with van der Waals surface area (Å²) in [7, 11) is 0. The summed E-state index contributed by atoms with van der Waals surface area (Å²) in [5.74, 6) is 2.79. The zero-order valence-corrected chi connectivity index (χ0v) is 23.6. The van der Waals surface area contributed by atoms with Crippen LogP contribution in [0.25, 0.3) is 11.0 Å². The molecule has 0 fully saturated rings. The maximum Gasteiger partial charge on any atom is 0.224 e. The summed E-state index contributed by atoms with van der Waals surface area (Å²) in [6.07, 6.45) is 7.71. The summed E-state index contributed by atoms with van der Waals surface area (Å²) in [5.41, 5.74) is 4.70. The van der Waals surface area contributed by atoms with Crippen molar-refractivity contribution in [3.63, 3.8) is 0 Å². The predicted octanol–water partition coefficient (Wildman–Crippen LogP) is 7.48. The summed E-state index contributed by atoms with van der Waals surface area (Å²) in [6.45, 7) is 6.88. The van der Waals surface area contributed by atoms with Crippen LogP contribution in [-0.2, 0) is 24.2 Å². The van der Waals surface area contributed by atoms with Gasteiger partial charge in [-0.25, -0.2) is 4.98 Å². The van der Waals surface area contributed by atoms with Crippen LogP contribution in [0, 0.1) is 0 Å². The van der Waals surface area contributed by atoms with Crippen LogP contribution in [0.1, 0.15) is 75.2 Å². The van der Waals surface area contributed by atoms with Crippen molar-refractivity contribution in [2.45, 2.75) is 77.7 Å². The lowest BCUT2D eigenvalue weighted by Gasteiger charge is -2.12. The van der Waals surface area contributed by atoms with Crippen molar-refractivity contribution in [2.24, 2.45) is 0 Å². The van der Waals surface area contributed by atoms with Gasteiger partial charge in [-0.15, -0.1) is 0 Å². The molecule has 0 aliphatic heterocycles. The zero-order valence-electron chi connectivity index (χ0n) is 23.6. The molecule has 0 saturated carbocycles. The normalized spacial score (nSPS) is 11.9. The van der Waals surface area contributed by atoms with Gasteiger partial charge in [0.15, 0.2) is 0 Å². The highest BCUT2D eigenvalue weighted by Crippen LogP contribution is 2.22. The third-order valence-corrected chi connectivity index (χ3v) is 7.45. The molecule has 0 bridgehead atoms. The molecule has 0 spiro atoms. The SMILES string of the molecule is CCC(C)c1ccc(OCCCCn2c(CCCCCNC(=O)Cc3ccccc3)nc3ccccc32)cc1. The second-order valence-electron chi connectivity index (χ2n) is 10.4. The van der Waals surface area contributed by atoms with E-state index in [4.69, 9.17) is 9.72 Å². The molecule has 206 valence electrons. The molecule has 0 aliphatic carbocycles. The number of unbranched alkanes of at least 4 members (excludes halogenated alkanes) is 3. The van der Waals surface area contributed by atoms with Crippen molar-refractivity contribution in [2.75, 3.05) is 13.2 Å². The Morgan fingerprint density at radius 2 is 1.67 bits per heavy atom. The van der Waals surface area contributed by atoms with Gasteiger partial charge in [0.1, 0.15) is 11.6 Å². The predicted molar refractivity (Wildman–Crippen MR) is 160 cm³/mol. The molecule has 1 N–H and O–H groups in total. The van der Waals surface area contributed by atoms with Crippen LogP contribution in [0.3, 0.4) is 0 Å². The molecular formula is C34H43N3O2. The van der Waals surface area contributed by atoms with Gasteiger partial charge >= 0.3 is 0 Å². The average Bonchev–Trinajstić information content (AvgIpc) is 3.32. The van der Waals surface area contributed by atoms with E-state index in [2.05, 4.69) is 72.3 Å². The minimum atomic E-state index is 0.0927. The van der Waals surface area contributed by atoms with E-state index in [0.29, 0.717) is 12.3 Å². The van der Waals surface area contributed by atoms with Crippen LogP contribution >= 0.6 is 0 Å². The first-order chi connectivity index (χ1) is 19.1. The Hall–Kier alpha value is -3.60. The Bertz CT molecular complexity index is 1280. The largest absolute Gasteiger partial charge is 0.494 e. The van der Waals surface area contributed by atoms with E-state index in [1.165, 1.54) is 11.1 Å². The molecule has 0 saturated heterocycles. The quantitative estimate of drug-likeness (QED) is 0.154. The van der Waals surface area contributed by atoms with E-state index in [9.17, 15) is 4.79 Å². The van der Waals surface area contributed by atoms with Crippen molar-refractivity contribution in [3.8, 4) is 5.75 Å². The lowest BCUT2D eigenvalue weighted by atomic mass is 9.99. The van der Waals surface area contributed by atoms with E-state index in [1.807, 2.05) is 30.3 Å². The first-order valence-electron chi connectivity index (χ1n) is 14.6. The Labute approximate surface area is 233 Å². The number of fused-ring (bicyclic) bond motifs is 1. The van der Waals surface area contributed by atoms with E-state index >= 15 is 0 Å². The van der Waals surface area contributed by atoms with Crippen LogP contribution in [0.5, 0.6) is 5.75 Å². The molecular weight excluding hydrogens is 482 g/mol. The Kier molecular flexibility index (Phi) is 11.0. The lowest BCUT2D eigenvalue weighted by Crippen LogP contribution is -2.26. The average molecular weight is 526 g/mol. The van der Waals surface area contributed by atoms with Crippen molar-refractivity contribution >= 4 is 16.9 Å². The van der Waals surface area contributed by atoms with Crippen LogP contribution in [-0.4, -0.2) is 28.6 Å². The summed E-state index contributed by atoms with van der Waals surface area (Å²) < 4.78 is 8.40. The highest BCUT2D eigenvalue weighted by molar-refractivity contribution is 5.78. The number of benzene rings is 3. The summed E-state index contributed by atoms with van der Waals surface area (Å²) >= 11 is 0. The number of aryl methyl sites for hydroxylation is 2. The van der Waals surface area contributed by atoms with Gasteiger partial charge in [0.2, 0.25) is 5.91 Å². The number of carbonyl (C=O) groups is 1. The highest BCUT2D eigenvalue weighted by atomic mass is 16.5. The lowest BCUT2D eigenvalue weighted by molar-refractivity contribution is -0.120. The number of carbonyl (C=O) groups excluding carboxylic acids is 1. The topological polar surface area (TPSA) is 56.1 Å². The van der Waals surface area contributed by atoms with Gasteiger partial charge in [0, 0.05) is 19.5 Å². The molecule has 4 rings (SSSR count). The molecule has 39 heavy (non-hydrogen) atoms.